The van der Waals surface area contributed by atoms with Crippen LogP contribution in [0.25, 0.3) is 0 Å². The molecule has 1 heteroatoms. The molecule has 0 spiro atoms. The lowest BCUT2D eigenvalue weighted by molar-refractivity contribution is -0.0993. The Morgan fingerprint density at radius 2 is 1.80 bits per heavy atom. The third kappa shape index (κ3) is 1.65. The van der Waals surface area contributed by atoms with E-state index in [1.807, 2.05) is 0 Å². The third-order valence-electron chi connectivity index (χ3n) is 7.95. The van der Waals surface area contributed by atoms with Crippen LogP contribution in [0.1, 0.15) is 65.2 Å². The quantitative estimate of drug-likeness (QED) is 0.642. The number of fused-ring (bicyclic) bond motifs is 5. The van der Waals surface area contributed by atoms with E-state index in [0.717, 1.165) is 24.2 Å². The molecule has 3 saturated carbocycles. The second-order valence-electron chi connectivity index (χ2n) is 8.72. The van der Waals surface area contributed by atoms with Gasteiger partial charge in [0.15, 0.2) is 0 Å². The van der Waals surface area contributed by atoms with Crippen LogP contribution in [-0.4, -0.2) is 11.2 Å². The summed E-state index contributed by atoms with van der Waals surface area (Å²) in [6.07, 6.45) is 15.5. The van der Waals surface area contributed by atoms with E-state index < -0.39 is 0 Å². The zero-order valence-electron chi connectivity index (χ0n) is 13.1. The van der Waals surface area contributed by atoms with Gasteiger partial charge in [0.2, 0.25) is 0 Å². The third-order valence-corrected chi connectivity index (χ3v) is 7.95. The van der Waals surface area contributed by atoms with Crippen LogP contribution in [0.5, 0.6) is 0 Å². The van der Waals surface area contributed by atoms with Crippen LogP contribution in [0.4, 0.5) is 0 Å². The Balaban J connectivity index is 1.68. The molecule has 4 aliphatic carbocycles. The molecular formula is C19H30O. The highest BCUT2D eigenvalue weighted by molar-refractivity contribution is 5.16. The zero-order chi connectivity index (χ0) is 14.0. The summed E-state index contributed by atoms with van der Waals surface area (Å²) in [5.74, 6) is 3.28. The number of aliphatic hydroxyl groups excluding tert-OH is 1. The molecule has 4 aliphatic rings. The van der Waals surface area contributed by atoms with Crippen molar-refractivity contribution in [2.75, 3.05) is 0 Å². The number of hydrogen-bond donors (Lipinski definition) is 1. The van der Waals surface area contributed by atoms with Gasteiger partial charge in [-0.05, 0) is 79.4 Å². The van der Waals surface area contributed by atoms with E-state index in [4.69, 9.17) is 0 Å². The van der Waals surface area contributed by atoms with Gasteiger partial charge in [-0.1, -0.05) is 32.4 Å². The van der Waals surface area contributed by atoms with Gasteiger partial charge in [-0.25, -0.2) is 0 Å². The maximum atomic E-state index is 10.4. The van der Waals surface area contributed by atoms with E-state index in [-0.39, 0.29) is 11.5 Å². The van der Waals surface area contributed by atoms with E-state index >= 15 is 0 Å². The van der Waals surface area contributed by atoms with Crippen LogP contribution in [0, 0.1) is 34.5 Å². The van der Waals surface area contributed by atoms with E-state index in [1.165, 1.54) is 44.9 Å². The first-order valence-corrected chi connectivity index (χ1v) is 8.90. The summed E-state index contributed by atoms with van der Waals surface area (Å²) in [6.45, 7) is 5.03. The molecule has 0 heterocycles. The van der Waals surface area contributed by atoms with Crippen molar-refractivity contribution in [3.63, 3.8) is 0 Å². The Kier molecular flexibility index (Phi) is 2.91. The maximum Gasteiger partial charge on any atom is 0.0611 e. The van der Waals surface area contributed by atoms with Gasteiger partial charge in [0, 0.05) is 0 Å². The van der Waals surface area contributed by atoms with Crippen molar-refractivity contribution in [1.82, 2.24) is 0 Å². The summed E-state index contributed by atoms with van der Waals surface area (Å²) in [6, 6.07) is 0. The molecule has 4 rings (SSSR count). The van der Waals surface area contributed by atoms with Crippen molar-refractivity contribution in [2.45, 2.75) is 71.3 Å². The van der Waals surface area contributed by atoms with Crippen molar-refractivity contribution < 1.29 is 5.11 Å². The van der Waals surface area contributed by atoms with E-state index in [2.05, 4.69) is 26.0 Å². The van der Waals surface area contributed by atoms with Crippen molar-refractivity contribution in [1.29, 1.82) is 0 Å². The summed E-state index contributed by atoms with van der Waals surface area (Å²) in [5, 5.41) is 10.4. The molecule has 3 fully saturated rings. The maximum absolute atomic E-state index is 10.4. The van der Waals surface area contributed by atoms with Gasteiger partial charge in [-0.2, -0.15) is 0 Å². The Morgan fingerprint density at radius 1 is 0.950 bits per heavy atom. The van der Waals surface area contributed by atoms with Crippen LogP contribution in [0.15, 0.2) is 12.2 Å². The van der Waals surface area contributed by atoms with Crippen LogP contribution >= 0.6 is 0 Å². The summed E-state index contributed by atoms with van der Waals surface area (Å²) in [7, 11) is 0. The Morgan fingerprint density at radius 3 is 2.65 bits per heavy atom. The van der Waals surface area contributed by atoms with Gasteiger partial charge in [0.1, 0.15) is 0 Å². The van der Waals surface area contributed by atoms with Gasteiger partial charge in [0.05, 0.1) is 6.10 Å². The summed E-state index contributed by atoms with van der Waals surface area (Å²) in [4.78, 5) is 0. The fraction of sp³-hybridized carbons (Fsp3) is 0.895. The molecule has 112 valence electrons. The zero-order valence-corrected chi connectivity index (χ0v) is 13.1. The molecule has 0 aromatic carbocycles. The monoisotopic (exact) mass is 274 g/mol. The van der Waals surface area contributed by atoms with Crippen LogP contribution in [-0.2, 0) is 0 Å². The fourth-order valence-corrected chi connectivity index (χ4v) is 6.89. The Hall–Kier alpha value is -0.300. The summed E-state index contributed by atoms with van der Waals surface area (Å²) >= 11 is 0. The minimum Gasteiger partial charge on any atom is -0.392 e. The summed E-state index contributed by atoms with van der Waals surface area (Å²) < 4.78 is 0. The molecule has 0 aromatic heterocycles. The Labute approximate surface area is 123 Å². The van der Waals surface area contributed by atoms with Gasteiger partial charge >= 0.3 is 0 Å². The van der Waals surface area contributed by atoms with Gasteiger partial charge < -0.3 is 5.11 Å². The minimum atomic E-state index is -0.0807. The lowest BCUT2D eigenvalue weighted by atomic mass is 9.46. The molecule has 0 saturated heterocycles. The van der Waals surface area contributed by atoms with Crippen molar-refractivity contribution in [3.8, 4) is 0 Å². The molecule has 0 aliphatic heterocycles. The number of hydrogen-bond acceptors (Lipinski definition) is 1. The topological polar surface area (TPSA) is 20.2 Å². The molecule has 0 bridgehead atoms. The molecule has 1 nitrogen and oxygen atoms in total. The average Bonchev–Trinajstić information content (AvgIpc) is 2.80. The molecule has 0 amide bonds. The Bertz CT molecular complexity index is 427. The highest BCUT2D eigenvalue weighted by Crippen LogP contribution is 2.65. The predicted octanol–water partition coefficient (Wildman–Crippen LogP) is 4.56. The van der Waals surface area contributed by atoms with E-state index in [0.29, 0.717) is 11.3 Å². The SMILES string of the molecule is C[C@@]12CCC[C@H]1[C@@H]1CCC3C(O)CC=C[C@]3(C)[C@@H]1CC2. The molecule has 0 aromatic rings. The molecule has 1 N–H and O–H groups in total. The number of allylic oxidation sites excluding steroid dienone is 1. The predicted molar refractivity (Wildman–Crippen MR) is 82.3 cm³/mol. The van der Waals surface area contributed by atoms with E-state index in [9.17, 15) is 5.11 Å². The number of rotatable bonds is 0. The van der Waals surface area contributed by atoms with E-state index in [1.54, 1.807) is 0 Å². The average molecular weight is 274 g/mol. The molecule has 0 radical (unpaired) electrons. The molecule has 7 atom stereocenters. The first-order valence-electron chi connectivity index (χ1n) is 8.90. The number of aliphatic hydroxyl groups is 1. The fourth-order valence-electron chi connectivity index (χ4n) is 6.89. The summed E-state index contributed by atoms with van der Waals surface area (Å²) in [5.41, 5.74) is 0.936. The normalized spacial score (nSPS) is 57.9. The van der Waals surface area contributed by atoms with Gasteiger partial charge in [0.25, 0.3) is 0 Å². The molecular weight excluding hydrogens is 244 g/mol. The van der Waals surface area contributed by atoms with Gasteiger partial charge in [-0.15, -0.1) is 0 Å². The highest BCUT2D eigenvalue weighted by Gasteiger charge is 2.57. The van der Waals surface area contributed by atoms with Crippen molar-refractivity contribution >= 4 is 0 Å². The second kappa shape index (κ2) is 4.35. The van der Waals surface area contributed by atoms with Gasteiger partial charge in [-0.3, -0.25) is 0 Å². The lowest BCUT2D eigenvalue weighted by Gasteiger charge is -2.59. The first-order chi connectivity index (χ1) is 9.55. The van der Waals surface area contributed by atoms with Crippen molar-refractivity contribution in [2.24, 2.45) is 34.5 Å². The first kappa shape index (κ1) is 13.4. The minimum absolute atomic E-state index is 0.0807. The lowest BCUT2D eigenvalue weighted by Crippen LogP contribution is -2.53. The molecule has 20 heavy (non-hydrogen) atoms. The largest absolute Gasteiger partial charge is 0.392 e. The van der Waals surface area contributed by atoms with Crippen LogP contribution in [0.2, 0.25) is 0 Å². The van der Waals surface area contributed by atoms with Crippen molar-refractivity contribution in [3.05, 3.63) is 12.2 Å². The smallest absolute Gasteiger partial charge is 0.0611 e. The highest BCUT2D eigenvalue weighted by atomic mass is 16.3. The second-order valence-corrected chi connectivity index (χ2v) is 8.72. The molecule has 2 unspecified atom stereocenters. The standard InChI is InChI=1S/C19H30O/c1-18-10-3-5-14(18)13-7-8-16-17(20)6-4-11-19(16,2)15(13)9-12-18/h4,11,13-17,20H,3,5-10,12H2,1-2H3/t13-,14-,15+,16?,17?,18-,19+/m0/s1. The van der Waals surface area contributed by atoms with Crippen LogP contribution < -0.4 is 0 Å². The van der Waals surface area contributed by atoms with Crippen LogP contribution in [0.3, 0.4) is 0 Å².